The van der Waals surface area contributed by atoms with Crippen LogP contribution in [-0.4, -0.2) is 35.0 Å². The van der Waals surface area contributed by atoms with Gasteiger partial charge in [0.25, 0.3) is 0 Å². The Bertz CT molecular complexity index is 1090. The molecule has 0 aliphatic carbocycles. The monoisotopic (exact) mass is 415 g/mol. The summed E-state index contributed by atoms with van der Waals surface area (Å²) in [6.45, 7) is 4.42. The fraction of sp³-hybridized carbons (Fsp3) is 0.190. The second-order valence-corrected chi connectivity index (χ2v) is 7.92. The molecule has 0 bridgehead atoms. The van der Waals surface area contributed by atoms with Crippen molar-refractivity contribution >= 4 is 21.4 Å². The predicted molar refractivity (Wildman–Crippen MR) is 109 cm³/mol. The first-order valence-corrected chi connectivity index (χ1v) is 10.2. The van der Waals surface area contributed by atoms with Crippen LogP contribution in [0.15, 0.2) is 60.0 Å². The van der Waals surface area contributed by atoms with Gasteiger partial charge in [-0.25, -0.2) is 13.6 Å². The molecule has 0 radical (unpaired) electrons. The Hall–Kier alpha value is -2.94. The average molecular weight is 415 g/mol. The largest absolute Gasteiger partial charge is 0.496 e. The molecule has 0 saturated carbocycles. The molecule has 0 amide bonds. The summed E-state index contributed by atoms with van der Waals surface area (Å²) in [6, 6.07) is 8.80. The van der Waals surface area contributed by atoms with Gasteiger partial charge in [-0.05, 0) is 30.3 Å². The summed E-state index contributed by atoms with van der Waals surface area (Å²) in [5, 5.41) is 5.10. The van der Waals surface area contributed by atoms with E-state index in [0.717, 1.165) is 5.56 Å². The number of ketones is 1. The lowest BCUT2D eigenvalue weighted by Crippen LogP contribution is -2.12. The van der Waals surface area contributed by atoms with Crippen LogP contribution in [0.1, 0.15) is 27.6 Å². The van der Waals surface area contributed by atoms with Gasteiger partial charge < -0.3 is 14.2 Å². The van der Waals surface area contributed by atoms with Gasteiger partial charge in [0, 0.05) is 28.3 Å². The van der Waals surface area contributed by atoms with Gasteiger partial charge in [-0.2, -0.15) is 0 Å². The lowest BCUT2D eigenvalue weighted by Gasteiger charge is -2.18. The number of Topliss-reactive ketones (excluding diaryl/α,β-unsaturated/α-hetero) is 1. The smallest absolute Gasteiger partial charge is 0.238 e. The molecular weight excluding hydrogens is 394 g/mol. The fourth-order valence-corrected chi connectivity index (χ4v) is 3.58. The van der Waals surface area contributed by atoms with Gasteiger partial charge in [-0.3, -0.25) is 4.79 Å². The van der Waals surface area contributed by atoms with Crippen molar-refractivity contribution in [3.63, 3.8) is 0 Å². The van der Waals surface area contributed by atoms with E-state index >= 15 is 0 Å². The second kappa shape index (κ2) is 8.20. The Morgan fingerprint density at radius 3 is 2.31 bits per heavy atom. The Labute approximate surface area is 169 Å². The molecule has 2 aromatic rings. The van der Waals surface area contributed by atoms with Crippen LogP contribution in [0.5, 0.6) is 11.5 Å². The van der Waals surface area contributed by atoms with Gasteiger partial charge in [-0.1, -0.05) is 18.7 Å². The Morgan fingerprint density at radius 1 is 1.14 bits per heavy atom. The van der Waals surface area contributed by atoms with Gasteiger partial charge >= 0.3 is 0 Å². The van der Waals surface area contributed by atoms with E-state index in [4.69, 9.17) is 19.3 Å². The zero-order chi connectivity index (χ0) is 21.2. The van der Waals surface area contributed by atoms with Crippen LogP contribution in [0.2, 0.25) is 0 Å². The zero-order valence-electron chi connectivity index (χ0n) is 16.0. The highest BCUT2D eigenvalue weighted by molar-refractivity contribution is 7.89. The van der Waals surface area contributed by atoms with Crippen molar-refractivity contribution in [3.8, 4) is 11.5 Å². The molecule has 0 spiro atoms. The number of carbonyl (C=O) groups excluding carboxylic acids is 1. The maximum atomic E-state index is 12.9. The average Bonchev–Trinajstić information content (AvgIpc) is 3.25. The zero-order valence-corrected chi connectivity index (χ0v) is 16.9. The number of rotatable bonds is 7. The van der Waals surface area contributed by atoms with Crippen LogP contribution < -0.4 is 14.6 Å². The summed E-state index contributed by atoms with van der Waals surface area (Å²) < 4.78 is 39.4. The summed E-state index contributed by atoms with van der Waals surface area (Å²) in [6.07, 6.45) is 3.51. The van der Waals surface area contributed by atoms with Crippen LogP contribution in [0, 0.1) is 0 Å². The number of hydrogen-bond acceptors (Lipinski definition) is 6. The van der Waals surface area contributed by atoms with E-state index in [0.29, 0.717) is 23.7 Å². The number of hydrogen-bond donors (Lipinski definition) is 1. The van der Waals surface area contributed by atoms with E-state index in [-0.39, 0.29) is 27.9 Å². The normalized spacial score (nSPS) is 15.9. The Morgan fingerprint density at radius 2 is 1.79 bits per heavy atom. The number of allylic oxidation sites excluding steroid dienone is 1. The van der Waals surface area contributed by atoms with E-state index in [1.807, 2.05) is 12.2 Å². The number of ether oxygens (including phenoxy) is 3. The molecule has 8 heteroatoms. The van der Waals surface area contributed by atoms with E-state index in [9.17, 15) is 13.2 Å². The van der Waals surface area contributed by atoms with Crippen molar-refractivity contribution in [2.75, 3.05) is 20.8 Å². The number of sulfonamides is 1. The van der Waals surface area contributed by atoms with Crippen molar-refractivity contribution in [2.24, 2.45) is 5.14 Å². The molecule has 1 unspecified atom stereocenters. The summed E-state index contributed by atoms with van der Waals surface area (Å²) >= 11 is 0. The number of primary sulfonamides is 1. The highest BCUT2D eigenvalue weighted by Gasteiger charge is 2.24. The summed E-state index contributed by atoms with van der Waals surface area (Å²) in [7, 11) is -0.805. The molecule has 152 valence electrons. The molecule has 0 aromatic heterocycles. The van der Waals surface area contributed by atoms with E-state index in [1.54, 1.807) is 19.2 Å². The molecule has 3 rings (SSSR count). The number of nitrogens with two attached hydrogens (primary N) is 1. The Kier molecular flexibility index (Phi) is 5.88. The molecule has 2 aromatic carbocycles. The molecule has 2 N–H and O–H groups in total. The molecule has 1 atom stereocenters. The first kappa shape index (κ1) is 20.8. The quantitative estimate of drug-likeness (QED) is 0.424. The van der Waals surface area contributed by atoms with Crippen LogP contribution in [-0.2, 0) is 14.8 Å². The van der Waals surface area contributed by atoms with Gasteiger partial charge in [0.15, 0.2) is 5.78 Å². The highest BCUT2D eigenvalue weighted by Crippen LogP contribution is 2.39. The van der Waals surface area contributed by atoms with Crippen LogP contribution in [0.4, 0.5) is 0 Å². The van der Waals surface area contributed by atoms with Crippen LogP contribution in [0.25, 0.3) is 5.57 Å². The molecule has 0 saturated heterocycles. The third-order valence-corrected chi connectivity index (χ3v) is 5.51. The molecule has 1 heterocycles. The van der Waals surface area contributed by atoms with Gasteiger partial charge in [0.05, 0.1) is 25.7 Å². The topological polar surface area (TPSA) is 105 Å². The van der Waals surface area contributed by atoms with Crippen molar-refractivity contribution in [1.82, 2.24) is 0 Å². The van der Waals surface area contributed by atoms with Gasteiger partial charge in [0.2, 0.25) is 10.0 Å². The number of benzene rings is 2. The highest BCUT2D eigenvalue weighted by atomic mass is 32.2. The second-order valence-electron chi connectivity index (χ2n) is 6.35. The molecule has 7 nitrogen and oxygen atoms in total. The lowest BCUT2D eigenvalue weighted by molar-refractivity contribution is 0.105. The maximum Gasteiger partial charge on any atom is 0.238 e. The fourth-order valence-electron chi connectivity index (χ4n) is 3.06. The summed E-state index contributed by atoms with van der Waals surface area (Å²) in [4.78, 5) is 12.9. The molecule has 1 aliphatic rings. The van der Waals surface area contributed by atoms with Gasteiger partial charge in [-0.15, -0.1) is 0 Å². The van der Waals surface area contributed by atoms with Crippen molar-refractivity contribution in [1.29, 1.82) is 0 Å². The number of carbonyl (C=O) groups is 1. The standard InChI is InChI=1S/C21H21NO6S/c1-13(21(23)14-6-8-15(9-7-14)29(22,24)25)16-11-17(18-5-4-10-28-18)20(27-3)12-19(16)26-2/h4-9,11-12,18H,1,10H2,2-3H3,(H2,22,24,25). The predicted octanol–water partition coefficient (Wildman–Crippen LogP) is 2.87. The molecule has 1 aliphatic heterocycles. The van der Waals surface area contributed by atoms with Gasteiger partial charge in [0.1, 0.15) is 17.6 Å². The SMILES string of the molecule is C=C(C(=O)c1ccc(S(N)(=O)=O)cc1)c1cc(C2C=CCO2)c(OC)cc1OC. The molecule has 0 fully saturated rings. The minimum absolute atomic E-state index is 0.0749. The van der Waals surface area contributed by atoms with E-state index < -0.39 is 10.0 Å². The summed E-state index contributed by atoms with van der Waals surface area (Å²) in [5.74, 6) is 0.621. The maximum absolute atomic E-state index is 12.9. The van der Waals surface area contributed by atoms with Crippen molar-refractivity contribution < 1.29 is 27.4 Å². The molecule has 29 heavy (non-hydrogen) atoms. The van der Waals surface area contributed by atoms with Crippen molar-refractivity contribution in [3.05, 3.63) is 71.8 Å². The minimum atomic E-state index is -3.84. The van der Waals surface area contributed by atoms with Crippen molar-refractivity contribution in [2.45, 2.75) is 11.0 Å². The van der Waals surface area contributed by atoms with Crippen LogP contribution in [0.3, 0.4) is 0 Å². The molecular formula is C21H21NO6S. The number of methoxy groups -OCH3 is 2. The first-order chi connectivity index (χ1) is 13.8. The Balaban J connectivity index is 2.00. The first-order valence-electron chi connectivity index (χ1n) is 8.67. The van der Waals surface area contributed by atoms with E-state index in [1.165, 1.54) is 31.4 Å². The lowest BCUT2D eigenvalue weighted by atomic mass is 9.94. The third kappa shape index (κ3) is 4.24. The van der Waals surface area contributed by atoms with E-state index in [2.05, 4.69) is 6.58 Å². The summed E-state index contributed by atoms with van der Waals surface area (Å²) in [5.41, 5.74) is 1.71. The third-order valence-electron chi connectivity index (χ3n) is 4.59. The minimum Gasteiger partial charge on any atom is -0.496 e. The van der Waals surface area contributed by atoms with Crippen LogP contribution >= 0.6 is 0 Å².